The molecule has 2 aliphatic rings. The maximum atomic E-state index is 10.8. The van der Waals surface area contributed by atoms with Gasteiger partial charge in [-0.15, -0.1) is 0 Å². The molecule has 8 heteroatoms. The summed E-state index contributed by atoms with van der Waals surface area (Å²) in [7, 11) is 0. The van der Waals surface area contributed by atoms with Crippen molar-refractivity contribution in [1.82, 2.24) is 4.57 Å². The third kappa shape index (κ3) is 7.11. The second-order valence-corrected chi connectivity index (χ2v) is 19.6. The summed E-state index contributed by atoms with van der Waals surface area (Å²) in [5, 5.41) is 33.6. The van der Waals surface area contributed by atoms with Gasteiger partial charge in [0.1, 0.15) is 0 Å². The zero-order valence-corrected chi connectivity index (χ0v) is 41.8. The molecule has 78 heavy (non-hydrogen) atoms. The van der Waals surface area contributed by atoms with E-state index >= 15 is 0 Å². The summed E-state index contributed by atoms with van der Waals surface area (Å²) in [5.41, 5.74) is 21.3. The number of rotatable bonds is 7. The maximum absolute atomic E-state index is 10.8. The standard InChI is InChI=1S/C70H40BN7/c1-75-52-31-35-63-59(39-52)58-36-45(42-72)28-32-62(58)76(63)53-40-66-68-67(41-53)78(70-56(50-20-10-4-11-21-50)26-15-27-57(70)51-22-12-5-13-23-51)65-34-30-47(44-74)38-61(65)71(68)60-37-46(43-73)29-33-64(60)77(66)69-54(48-16-6-2-7-17-48)24-14-25-55(69)49-18-8-3-9-19-49/h2-41H. The van der Waals surface area contributed by atoms with Crippen molar-refractivity contribution in [3.05, 3.63) is 271 Å². The lowest BCUT2D eigenvalue weighted by Gasteiger charge is -2.46. The highest BCUT2D eigenvalue weighted by molar-refractivity contribution is 7.00. The van der Waals surface area contributed by atoms with Gasteiger partial charge >= 0.3 is 0 Å². The van der Waals surface area contributed by atoms with Crippen LogP contribution in [0.5, 0.6) is 0 Å². The Morgan fingerprint density at radius 1 is 0.372 bits per heavy atom. The summed E-state index contributed by atoms with van der Waals surface area (Å²) in [6.07, 6.45) is 0. The molecule has 0 spiro atoms. The second-order valence-electron chi connectivity index (χ2n) is 19.6. The van der Waals surface area contributed by atoms with Crippen LogP contribution in [0.2, 0.25) is 0 Å². The number of nitriles is 3. The Kier molecular flexibility index (Phi) is 10.7. The quantitative estimate of drug-likeness (QED) is 0.117. The number of hydrogen-bond donors (Lipinski definition) is 0. The average molecular weight is 990 g/mol. The van der Waals surface area contributed by atoms with Crippen LogP contribution in [0.15, 0.2) is 243 Å². The number of nitrogens with zero attached hydrogens (tertiary/aromatic N) is 7. The molecular weight excluding hydrogens is 950 g/mol. The van der Waals surface area contributed by atoms with Crippen molar-refractivity contribution in [2.75, 3.05) is 9.80 Å². The van der Waals surface area contributed by atoms with Gasteiger partial charge in [0.05, 0.1) is 69.6 Å². The molecule has 0 saturated carbocycles. The number of aromatic nitrogens is 1. The van der Waals surface area contributed by atoms with Crippen molar-refractivity contribution in [3.8, 4) is 68.4 Å². The number of fused-ring (bicyclic) bond motifs is 7. The van der Waals surface area contributed by atoms with Gasteiger partial charge in [0.15, 0.2) is 5.69 Å². The minimum Gasteiger partial charge on any atom is -0.310 e. The van der Waals surface area contributed by atoms with Gasteiger partial charge in [-0.25, -0.2) is 4.85 Å². The van der Waals surface area contributed by atoms with Crippen LogP contribution in [0.1, 0.15) is 16.7 Å². The van der Waals surface area contributed by atoms with Gasteiger partial charge in [0, 0.05) is 50.4 Å². The van der Waals surface area contributed by atoms with Crippen molar-refractivity contribution in [1.29, 1.82) is 15.8 Å². The van der Waals surface area contributed by atoms with Gasteiger partial charge in [-0.2, -0.15) is 15.8 Å². The molecule has 358 valence electrons. The van der Waals surface area contributed by atoms with E-state index in [2.05, 4.69) is 195 Å². The molecule has 12 aromatic rings. The molecule has 0 N–H and O–H groups in total. The van der Waals surface area contributed by atoms with Crippen LogP contribution in [-0.2, 0) is 0 Å². The van der Waals surface area contributed by atoms with E-state index in [1.54, 1.807) is 0 Å². The smallest absolute Gasteiger partial charge is 0.252 e. The van der Waals surface area contributed by atoms with Crippen LogP contribution in [0.4, 0.5) is 39.8 Å². The highest BCUT2D eigenvalue weighted by Crippen LogP contribution is 2.53. The molecule has 0 bridgehead atoms. The van der Waals surface area contributed by atoms with E-state index in [0.717, 1.165) is 123 Å². The topological polar surface area (TPSA) is 87.1 Å². The Hall–Kier alpha value is -11.2. The van der Waals surface area contributed by atoms with E-state index in [-0.39, 0.29) is 0 Å². The normalized spacial score (nSPS) is 12.0. The first-order chi connectivity index (χ1) is 38.5. The lowest BCUT2D eigenvalue weighted by molar-refractivity contribution is 1.16. The summed E-state index contributed by atoms with van der Waals surface area (Å²) >= 11 is 0. The molecule has 0 fully saturated rings. The third-order valence-electron chi connectivity index (χ3n) is 15.4. The zero-order valence-electron chi connectivity index (χ0n) is 41.8. The summed E-state index contributed by atoms with van der Waals surface area (Å²) in [6.45, 7) is 7.62. The third-order valence-corrected chi connectivity index (χ3v) is 15.4. The molecule has 1 aromatic heterocycles. The summed E-state index contributed by atoms with van der Waals surface area (Å²) < 4.78 is 2.27. The highest BCUT2D eigenvalue weighted by atomic mass is 15.2. The van der Waals surface area contributed by atoms with Crippen LogP contribution in [0, 0.1) is 40.6 Å². The van der Waals surface area contributed by atoms with Crippen LogP contribution >= 0.6 is 0 Å². The zero-order chi connectivity index (χ0) is 52.4. The molecular formula is C70H40BN7. The van der Waals surface area contributed by atoms with Gasteiger partial charge in [0.25, 0.3) is 6.71 Å². The van der Waals surface area contributed by atoms with Crippen LogP contribution < -0.4 is 26.2 Å². The molecule has 7 nitrogen and oxygen atoms in total. The monoisotopic (exact) mass is 989 g/mol. The Bertz CT molecular complexity index is 4210. The molecule has 0 unspecified atom stereocenters. The fourth-order valence-corrected chi connectivity index (χ4v) is 12.1. The Balaban J connectivity index is 1.20. The molecule has 14 rings (SSSR count). The number of anilines is 6. The predicted molar refractivity (Wildman–Crippen MR) is 317 cm³/mol. The largest absolute Gasteiger partial charge is 0.310 e. The number of benzene rings is 11. The minimum atomic E-state index is -0.450. The Labute approximate surface area is 451 Å². The second kappa shape index (κ2) is 18.3. The highest BCUT2D eigenvalue weighted by Gasteiger charge is 2.46. The summed E-state index contributed by atoms with van der Waals surface area (Å²) in [4.78, 5) is 8.69. The summed E-state index contributed by atoms with van der Waals surface area (Å²) in [6, 6.07) is 90.7. The average Bonchev–Trinajstić information content (AvgIpc) is 3.99. The predicted octanol–water partition coefficient (Wildman–Crippen LogP) is 15.7. The van der Waals surface area contributed by atoms with E-state index < -0.39 is 6.71 Å². The minimum absolute atomic E-state index is 0.450. The first kappa shape index (κ1) is 45.5. The Morgan fingerprint density at radius 2 is 0.756 bits per heavy atom. The van der Waals surface area contributed by atoms with E-state index in [0.29, 0.717) is 22.4 Å². The molecule has 11 aromatic carbocycles. The van der Waals surface area contributed by atoms with Gasteiger partial charge in [-0.05, 0) is 123 Å². The van der Waals surface area contributed by atoms with Crippen molar-refractivity contribution in [2.24, 2.45) is 0 Å². The number of hydrogen-bond acceptors (Lipinski definition) is 5. The molecule has 0 saturated heterocycles. The fraction of sp³-hybridized carbons (Fsp3) is 0. The van der Waals surface area contributed by atoms with Crippen molar-refractivity contribution in [2.45, 2.75) is 0 Å². The van der Waals surface area contributed by atoms with E-state index in [1.807, 2.05) is 84.9 Å². The molecule has 3 heterocycles. The first-order valence-corrected chi connectivity index (χ1v) is 25.7. The molecule has 0 amide bonds. The van der Waals surface area contributed by atoms with Crippen LogP contribution in [0.25, 0.3) is 76.8 Å². The summed E-state index contributed by atoms with van der Waals surface area (Å²) in [5.74, 6) is 0. The van der Waals surface area contributed by atoms with Crippen LogP contribution in [-0.4, -0.2) is 11.3 Å². The van der Waals surface area contributed by atoms with Crippen LogP contribution in [0.3, 0.4) is 0 Å². The lowest BCUT2D eigenvalue weighted by Crippen LogP contribution is -2.61. The van der Waals surface area contributed by atoms with Gasteiger partial charge < -0.3 is 14.4 Å². The first-order valence-electron chi connectivity index (χ1n) is 25.7. The SMILES string of the molecule is [C-]#[N+]c1ccc2c(c1)c1cc(C#N)ccc1n2-c1cc2c3c(c1)N(c1c(-c4ccccc4)cccc1-c1ccccc1)c1ccc(C#N)cc1B3c1cc(C#N)ccc1N2c1c(-c2ccccc2)cccc1-c1ccccc1. The molecule has 0 aliphatic carbocycles. The lowest BCUT2D eigenvalue weighted by atomic mass is 9.33. The molecule has 2 aliphatic heterocycles. The van der Waals surface area contributed by atoms with E-state index in [1.165, 1.54) is 0 Å². The van der Waals surface area contributed by atoms with Gasteiger partial charge in [-0.3, -0.25) is 0 Å². The maximum Gasteiger partial charge on any atom is 0.252 e. The number of para-hydroxylation sites is 2. The van der Waals surface area contributed by atoms with Crippen molar-refractivity contribution < 1.29 is 0 Å². The Morgan fingerprint density at radius 3 is 1.17 bits per heavy atom. The fourth-order valence-electron chi connectivity index (χ4n) is 12.1. The molecule has 0 radical (unpaired) electrons. The van der Waals surface area contributed by atoms with Gasteiger partial charge in [-0.1, -0.05) is 164 Å². The van der Waals surface area contributed by atoms with E-state index in [9.17, 15) is 15.8 Å². The van der Waals surface area contributed by atoms with Crippen molar-refractivity contribution >= 4 is 84.7 Å². The molecule has 0 atom stereocenters. The van der Waals surface area contributed by atoms with Crippen molar-refractivity contribution in [3.63, 3.8) is 0 Å². The van der Waals surface area contributed by atoms with Gasteiger partial charge in [0.2, 0.25) is 0 Å². The van der Waals surface area contributed by atoms with E-state index in [4.69, 9.17) is 6.57 Å².